The van der Waals surface area contributed by atoms with E-state index in [4.69, 9.17) is 0 Å². The van der Waals surface area contributed by atoms with Crippen molar-refractivity contribution in [3.8, 4) is 17.1 Å². The lowest BCUT2D eigenvalue weighted by Gasteiger charge is -2.32. The largest absolute Gasteiger partial charge is 0.508 e. The van der Waals surface area contributed by atoms with Crippen molar-refractivity contribution in [3.63, 3.8) is 0 Å². The molecule has 1 fully saturated rings. The normalized spacial score (nSPS) is 15.9. The highest BCUT2D eigenvalue weighted by Crippen LogP contribution is 2.32. The first-order chi connectivity index (χ1) is 14.4. The standard InChI is InChI=1S/C22H24N4O3S/c1-30(28,29)20-14-24-22(18-3-2-10-23-13-18)25-21(20)17-8-11-26(12-9-17)15-16-4-6-19(27)7-5-16/h2-7,10,13-14,17,27H,8-9,11-12,15H2,1H3. The second kappa shape index (κ2) is 8.49. The minimum Gasteiger partial charge on any atom is -0.508 e. The predicted octanol–water partition coefficient (Wildman–Crippen LogP) is 3.03. The molecule has 0 atom stereocenters. The minimum atomic E-state index is -3.43. The van der Waals surface area contributed by atoms with Crippen LogP contribution in [-0.4, -0.2) is 52.7 Å². The summed E-state index contributed by atoms with van der Waals surface area (Å²) in [4.78, 5) is 15.6. The first kappa shape index (κ1) is 20.4. The van der Waals surface area contributed by atoms with Gasteiger partial charge in [0.15, 0.2) is 15.7 Å². The number of pyridine rings is 1. The first-order valence-corrected chi connectivity index (χ1v) is 11.8. The van der Waals surface area contributed by atoms with Crippen molar-refractivity contribution in [2.45, 2.75) is 30.2 Å². The summed E-state index contributed by atoms with van der Waals surface area (Å²) in [6.07, 6.45) is 7.65. The Labute approximate surface area is 176 Å². The number of benzene rings is 1. The van der Waals surface area contributed by atoms with Gasteiger partial charge < -0.3 is 5.11 Å². The van der Waals surface area contributed by atoms with E-state index >= 15 is 0 Å². The summed E-state index contributed by atoms with van der Waals surface area (Å²) < 4.78 is 24.7. The molecule has 0 radical (unpaired) electrons. The Balaban J connectivity index is 1.55. The van der Waals surface area contributed by atoms with Gasteiger partial charge in [0, 0.05) is 42.9 Å². The smallest absolute Gasteiger partial charge is 0.178 e. The van der Waals surface area contributed by atoms with Crippen LogP contribution in [0.4, 0.5) is 0 Å². The number of phenols is 1. The summed E-state index contributed by atoms with van der Waals surface area (Å²) in [5.41, 5.74) is 2.52. The summed E-state index contributed by atoms with van der Waals surface area (Å²) in [7, 11) is -3.43. The van der Waals surface area contributed by atoms with Gasteiger partial charge in [0.1, 0.15) is 10.6 Å². The highest BCUT2D eigenvalue weighted by Gasteiger charge is 2.28. The number of aromatic hydroxyl groups is 1. The van der Waals surface area contributed by atoms with Crippen LogP contribution in [0.2, 0.25) is 0 Å². The number of piperidine rings is 1. The van der Waals surface area contributed by atoms with Gasteiger partial charge in [-0.3, -0.25) is 9.88 Å². The highest BCUT2D eigenvalue weighted by atomic mass is 32.2. The lowest BCUT2D eigenvalue weighted by Crippen LogP contribution is -2.33. The van der Waals surface area contributed by atoms with Crippen LogP contribution in [0.25, 0.3) is 11.4 Å². The Hall–Kier alpha value is -2.84. The molecule has 0 amide bonds. The molecule has 3 heterocycles. The molecule has 7 nitrogen and oxygen atoms in total. The highest BCUT2D eigenvalue weighted by molar-refractivity contribution is 7.90. The molecule has 1 saturated heterocycles. The van der Waals surface area contributed by atoms with Gasteiger partial charge in [-0.05, 0) is 55.8 Å². The van der Waals surface area contributed by atoms with Crippen molar-refractivity contribution in [2.24, 2.45) is 0 Å². The monoisotopic (exact) mass is 424 g/mol. The molecule has 156 valence electrons. The molecule has 0 bridgehead atoms. The Kier molecular flexibility index (Phi) is 5.78. The Bertz CT molecular complexity index is 1110. The third-order valence-corrected chi connectivity index (χ3v) is 6.53. The molecular formula is C22H24N4O3S. The van der Waals surface area contributed by atoms with E-state index in [9.17, 15) is 13.5 Å². The maximum atomic E-state index is 12.4. The molecule has 1 aromatic carbocycles. The summed E-state index contributed by atoms with van der Waals surface area (Å²) in [5.74, 6) is 0.820. The molecule has 2 aromatic heterocycles. The van der Waals surface area contributed by atoms with Crippen LogP contribution in [0.1, 0.15) is 30.0 Å². The summed E-state index contributed by atoms with van der Waals surface area (Å²) in [6, 6.07) is 10.9. The van der Waals surface area contributed by atoms with E-state index in [-0.39, 0.29) is 16.6 Å². The lowest BCUT2D eigenvalue weighted by molar-refractivity contribution is 0.202. The van der Waals surface area contributed by atoms with Gasteiger partial charge in [-0.25, -0.2) is 18.4 Å². The van der Waals surface area contributed by atoms with E-state index in [1.165, 1.54) is 12.5 Å². The molecule has 1 N–H and O–H groups in total. The number of rotatable bonds is 5. The zero-order valence-electron chi connectivity index (χ0n) is 16.8. The molecule has 0 saturated carbocycles. The van der Waals surface area contributed by atoms with Crippen molar-refractivity contribution in [3.05, 3.63) is 66.2 Å². The van der Waals surface area contributed by atoms with Crippen LogP contribution >= 0.6 is 0 Å². The fourth-order valence-electron chi connectivity index (χ4n) is 3.82. The first-order valence-electron chi connectivity index (χ1n) is 9.88. The van der Waals surface area contributed by atoms with Crippen molar-refractivity contribution in [1.29, 1.82) is 0 Å². The van der Waals surface area contributed by atoms with Crippen LogP contribution in [-0.2, 0) is 16.4 Å². The van der Waals surface area contributed by atoms with E-state index in [1.54, 1.807) is 24.5 Å². The molecule has 30 heavy (non-hydrogen) atoms. The third-order valence-electron chi connectivity index (χ3n) is 5.42. The van der Waals surface area contributed by atoms with Gasteiger partial charge >= 0.3 is 0 Å². The quantitative estimate of drug-likeness (QED) is 0.672. The lowest BCUT2D eigenvalue weighted by atomic mass is 9.93. The number of sulfone groups is 1. The van der Waals surface area contributed by atoms with Crippen LogP contribution in [0.3, 0.4) is 0 Å². The topological polar surface area (TPSA) is 96.3 Å². The van der Waals surface area contributed by atoms with E-state index in [0.29, 0.717) is 11.5 Å². The molecule has 0 aliphatic carbocycles. The Morgan fingerprint density at radius 3 is 2.47 bits per heavy atom. The molecule has 3 aromatic rings. The maximum Gasteiger partial charge on any atom is 0.178 e. The minimum absolute atomic E-state index is 0.0595. The fourth-order valence-corrected chi connectivity index (χ4v) is 4.66. The van der Waals surface area contributed by atoms with Gasteiger partial charge in [-0.15, -0.1) is 0 Å². The Morgan fingerprint density at radius 2 is 1.83 bits per heavy atom. The zero-order valence-corrected chi connectivity index (χ0v) is 17.6. The van der Waals surface area contributed by atoms with E-state index in [1.807, 2.05) is 24.3 Å². The molecule has 0 spiro atoms. The SMILES string of the molecule is CS(=O)(=O)c1cnc(-c2cccnc2)nc1C1CCN(Cc2ccc(O)cc2)CC1. The average Bonchev–Trinajstić information content (AvgIpc) is 2.75. The number of likely N-dealkylation sites (tertiary alicyclic amines) is 1. The van der Waals surface area contributed by atoms with Gasteiger partial charge in [0.25, 0.3) is 0 Å². The van der Waals surface area contributed by atoms with E-state index < -0.39 is 9.84 Å². The fraction of sp³-hybridized carbons (Fsp3) is 0.318. The number of aromatic nitrogens is 3. The van der Waals surface area contributed by atoms with Crippen LogP contribution in [0.15, 0.2) is 59.9 Å². The number of phenolic OH excluding ortho intramolecular Hbond substituents is 1. The summed E-state index contributed by atoms with van der Waals surface area (Å²) >= 11 is 0. The predicted molar refractivity (Wildman–Crippen MR) is 114 cm³/mol. The number of hydrogen-bond acceptors (Lipinski definition) is 7. The van der Waals surface area contributed by atoms with Crippen LogP contribution in [0.5, 0.6) is 5.75 Å². The van der Waals surface area contributed by atoms with Gasteiger partial charge in [0.05, 0.1) is 5.69 Å². The molecule has 4 rings (SSSR count). The second-order valence-corrected chi connectivity index (χ2v) is 9.66. The van der Waals surface area contributed by atoms with E-state index in [2.05, 4.69) is 19.9 Å². The second-order valence-electron chi connectivity index (χ2n) is 7.67. The average molecular weight is 425 g/mol. The zero-order chi connectivity index (χ0) is 21.1. The van der Waals surface area contributed by atoms with Crippen molar-refractivity contribution >= 4 is 9.84 Å². The van der Waals surface area contributed by atoms with Gasteiger partial charge in [-0.2, -0.15) is 0 Å². The molecular weight excluding hydrogens is 400 g/mol. The van der Waals surface area contributed by atoms with Gasteiger partial charge in [0.2, 0.25) is 0 Å². The van der Waals surface area contributed by atoms with Crippen LogP contribution in [0, 0.1) is 0 Å². The molecule has 1 aliphatic heterocycles. The van der Waals surface area contributed by atoms with Gasteiger partial charge in [-0.1, -0.05) is 12.1 Å². The van der Waals surface area contributed by atoms with E-state index in [0.717, 1.165) is 43.6 Å². The molecule has 1 aliphatic rings. The van der Waals surface area contributed by atoms with Crippen molar-refractivity contribution in [1.82, 2.24) is 19.9 Å². The van der Waals surface area contributed by atoms with Crippen molar-refractivity contribution < 1.29 is 13.5 Å². The molecule has 0 unspecified atom stereocenters. The third kappa shape index (κ3) is 4.66. The van der Waals surface area contributed by atoms with Crippen molar-refractivity contribution in [2.75, 3.05) is 19.3 Å². The summed E-state index contributed by atoms with van der Waals surface area (Å²) in [5, 5.41) is 9.44. The molecule has 8 heteroatoms. The summed E-state index contributed by atoms with van der Waals surface area (Å²) in [6.45, 7) is 2.50. The number of hydrogen-bond donors (Lipinski definition) is 1. The number of nitrogens with zero attached hydrogens (tertiary/aromatic N) is 4. The maximum absolute atomic E-state index is 12.4. The van der Waals surface area contributed by atoms with Crippen LogP contribution < -0.4 is 0 Å². The Morgan fingerprint density at radius 1 is 1.10 bits per heavy atom.